The molecule has 1 rings (SSSR count). The van der Waals surface area contributed by atoms with Gasteiger partial charge in [-0.05, 0) is 31.4 Å². The molecule has 0 aliphatic carbocycles. The molecule has 54 heavy (non-hydrogen) atoms. The van der Waals surface area contributed by atoms with Crippen LogP contribution in [0.3, 0.4) is 0 Å². The van der Waals surface area contributed by atoms with Crippen LogP contribution in [0.2, 0.25) is 0 Å². The number of amides is 1. The van der Waals surface area contributed by atoms with Crippen LogP contribution in [0.25, 0.3) is 0 Å². The van der Waals surface area contributed by atoms with Crippen molar-refractivity contribution in [2.45, 2.75) is 252 Å². The molecule has 0 saturated carbocycles. The Balaban J connectivity index is 2.55. The second-order valence-electron chi connectivity index (χ2n) is 16.4. The quantitative estimate of drug-likeness (QED) is 0.0674. The van der Waals surface area contributed by atoms with Crippen LogP contribution in [0.1, 0.15) is 262 Å². The highest BCUT2D eigenvalue weighted by Gasteiger charge is 2.18. The van der Waals surface area contributed by atoms with E-state index in [0.29, 0.717) is 42.6 Å². The monoisotopic (exact) mass is 758 g/mol. The molecule has 0 fully saturated rings. The Morgan fingerprint density at radius 2 is 0.593 bits per heavy atom. The molecule has 316 valence electrons. The Bertz CT molecular complexity index is 899. The minimum atomic E-state index is -0.465. The average Bonchev–Trinajstić information content (AvgIpc) is 3.17. The highest BCUT2D eigenvalue weighted by Crippen LogP contribution is 2.39. The first-order valence-corrected chi connectivity index (χ1v) is 24.0. The van der Waals surface area contributed by atoms with Gasteiger partial charge < -0.3 is 19.9 Å². The first-order chi connectivity index (χ1) is 26.6. The molecule has 5 nitrogen and oxygen atoms in total. The molecule has 0 atom stereocenters. The van der Waals surface area contributed by atoms with Crippen molar-refractivity contribution in [1.29, 1.82) is 0 Å². The van der Waals surface area contributed by atoms with Crippen LogP contribution in [-0.4, -0.2) is 25.7 Å². The first kappa shape index (κ1) is 50.1. The van der Waals surface area contributed by atoms with Crippen molar-refractivity contribution in [2.75, 3.05) is 19.8 Å². The van der Waals surface area contributed by atoms with E-state index in [9.17, 15) is 4.79 Å². The van der Waals surface area contributed by atoms with Gasteiger partial charge in [0, 0.05) is 5.56 Å². The Morgan fingerprint density at radius 3 is 0.833 bits per heavy atom. The molecule has 0 unspecified atom stereocenters. The van der Waals surface area contributed by atoms with Gasteiger partial charge in [0.15, 0.2) is 11.5 Å². The van der Waals surface area contributed by atoms with Gasteiger partial charge in [0.05, 0.1) is 19.8 Å². The number of hydrogen-bond acceptors (Lipinski definition) is 4. The number of unbranched alkanes of at least 4 members (excludes halogenated alkanes) is 33. The standard InChI is InChI=1S/C49H91NO4/c1-4-7-10-13-16-19-22-25-28-31-34-37-40-52-46-43-45(49(50)51)44-47(53-41-38-35-32-29-26-23-20-17-14-11-8-5-2)48(46)54-42-39-36-33-30-27-24-21-18-15-12-9-6-3/h43-44H,4-42H2,1-3H3,(H2,50,51). The summed E-state index contributed by atoms with van der Waals surface area (Å²) in [5.41, 5.74) is 6.20. The summed E-state index contributed by atoms with van der Waals surface area (Å²) in [5.74, 6) is 1.37. The zero-order chi connectivity index (χ0) is 39.0. The normalized spacial score (nSPS) is 11.3. The fourth-order valence-electron chi connectivity index (χ4n) is 7.44. The van der Waals surface area contributed by atoms with Crippen molar-refractivity contribution in [2.24, 2.45) is 5.73 Å². The van der Waals surface area contributed by atoms with Crippen molar-refractivity contribution in [1.82, 2.24) is 0 Å². The van der Waals surface area contributed by atoms with Gasteiger partial charge in [0.1, 0.15) is 0 Å². The third-order valence-corrected chi connectivity index (χ3v) is 11.1. The summed E-state index contributed by atoms with van der Waals surface area (Å²) in [4.78, 5) is 12.4. The Kier molecular flexibility index (Phi) is 36.5. The highest BCUT2D eigenvalue weighted by atomic mass is 16.5. The lowest BCUT2D eigenvalue weighted by Gasteiger charge is -2.18. The molecule has 5 heteroatoms. The number of benzene rings is 1. The fraction of sp³-hybridized carbons (Fsp3) is 0.857. The summed E-state index contributed by atoms with van der Waals surface area (Å²) in [6.45, 7) is 8.68. The summed E-state index contributed by atoms with van der Waals surface area (Å²) in [7, 11) is 0. The van der Waals surface area contributed by atoms with E-state index in [-0.39, 0.29) is 0 Å². The van der Waals surface area contributed by atoms with Crippen LogP contribution >= 0.6 is 0 Å². The summed E-state index contributed by atoms with van der Waals surface area (Å²) >= 11 is 0. The maximum absolute atomic E-state index is 12.4. The van der Waals surface area contributed by atoms with Gasteiger partial charge in [-0.25, -0.2) is 0 Å². The van der Waals surface area contributed by atoms with E-state index >= 15 is 0 Å². The molecule has 1 aromatic rings. The molecule has 1 aromatic carbocycles. The summed E-state index contributed by atoms with van der Waals surface area (Å²) in [6, 6.07) is 3.52. The fourth-order valence-corrected chi connectivity index (χ4v) is 7.44. The number of nitrogens with two attached hydrogens (primary N) is 1. The molecule has 0 aliphatic rings. The van der Waals surface area contributed by atoms with Gasteiger partial charge in [-0.3, -0.25) is 4.79 Å². The van der Waals surface area contributed by atoms with Crippen molar-refractivity contribution in [3.63, 3.8) is 0 Å². The van der Waals surface area contributed by atoms with Crippen LogP contribution in [0, 0.1) is 0 Å². The van der Waals surface area contributed by atoms with Gasteiger partial charge in [0.2, 0.25) is 11.7 Å². The van der Waals surface area contributed by atoms with E-state index in [1.165, 1.54) is 199 Å². The molecule has 0 aliphatic heterocycles. The van der Waals surface area contributed by atoms with Gasteiger partial charge >= 0.3 is 0 Å². The summed E-state index contributed by atoms with van der Waals surface area (Å²) < 4.78 is 19.1. The molecular formula is C49H91NO4. The molecule has 0 aromatic heterocycles. The van der Waals surface area contributed by atoms with E-state index in [2.05, 4.69) is 20.8 Å². The van der Waals surface area contributed by atoms with Crippen LogP contribution < -0.4 is 19.9 Å². The number of primary amides is 1. The van der Waals surface area contributed by atoms with Crippen LogP contribution in [0.4, 0.5) is 0 Å². The minimum absolute atomic E-state index is 0.419. The lowest BCUT2D eigenvalue weighted by Crippen LogP contribution is -2.13. The van der Waals surface area contributed by atoms with Gasteiger partial charge in [-0.1, -0.05) is 233 Å². The van der Waals surface area contributed by atoms with Crippen molar-refractivity contribution < 1.29 is 19.0 Å². The van der Waals surface area contributed by atoms with E-state index < -0.39 is 5.91 Å². The SMILES string of the molecule is CCCCCCCCCCCCCCOc1cc(C(N)=O)cc(OCCCCCCCCCCCCCC)c1OCCCCCCCCCCCCCC. The number of rotatable bonds is 43. The van der Waals surface area contributed by atoms with Gasteiger partial charge in [-0.15, -0.1) is 0 Å². The van der Waals surface area contributed by atoms with Crippen LogP contribution in [-0.2, 0) is 0 Å². The summed E-state index contributed by atoms with van der Waals surface area (Å²) in [5, 5.41) is 0. The second-order valence-corrected chi connectivity index (χ2v) is 16.4. The molecular weight excluding hydrogens is 667 g/mol. The first-order valence-electron chi connectivity index (χ1n) is 24.0. The maximum atomic E-state index is 12.4. The van der Waals surface area contributed by atoms with E-state index in [1.807, 2.05) is 0 Å². The predicted molar refractivity (Wildman–Crippen MR) is 235 cm³/mol. The lowest BCUT2D eigenvalue weighted by molar-refractivity contribution is 0.0999. The van der Waals surface area contributed by atoms with E-state index in [4.69, 9.17) is 19.9 Å². The Labute approximate surface area is 336 Å². The third-order valence-electron chi connectivity index (χ3n) is 11.1. The van der Waals surface area contributed by atoms with Crippen molar-refractivity contribution >= 4 is 5.91 Å². The van der Waals surface area contributed by atoms with Crippen molar-refractivity contribution in [3.8, 4) is 17.2 Å². The lowest BCUT2D eigenvalue weighted by atomic mass is 10.1. The zero-order valence-electron chi connectivity index (χ0n) is 36.4. The Morgan fingerprint density at radius 1 is 0.370 bits per heavy atom. The van der Waals surface area contributed by atoms with Crippen LogP contribution in [0.15, 0.2) is 12.1 Å². The molecule has 0 spiro atoms. The van der Waals surface area contributed by atoms with E-state index in [0.717, 1.165) is 32.1 Å². The molecule has 0 saturated heterocycles. The largest absolute Gasteiger partial charge is 0.490 e. The molecule has 2 N–H and O–H groups in total. The zero-order valence-corrected chi connectivity index (χ0v) is 36.4. The smallest absolute Gasteiger partial charge is 0.248 e. The van der Waals surface area contributed by atoms with Gasteiger partial charge in [-0.2, -0.15) is 0 Å². The number of ether oxygens (including phenoxy) is 3. The number of carbonyl (C=O) groups excluding carboxylic acids is 1. The maximum Gasteiger partial charge on any atom is 0.248 e. The predicted octanol–water partition coefficient (Wildman–Crippen LogP) is 16.0. The van der Waals surface area contributed by atoms with E-state index in [1.54, 1.807) is 12.1 Å². The number of carbonyl (C=O) groups is 1. The molecule has 0 bridgehead atoms. The highest BCUT2D eigenvalue weighted by molar-refractivity contribution is 5.94. The topological polar surface area (TPSA) is 70.8 Å². The third kappa shape index (κ3) is 30.3. The van der Waals surface area contributed by atoms with Gasteiger partial charge in [0.25, 0.3) is 0 Å². The molecule has 0 heterocycles. The minimum Gasteiger partial charge on any atom is -0.490 e. The van der Waals surface area contributed by atoms with Crippen molar-refractivity contribution in [3.05, 3.63) is 17.7 Å². The average molecular weight is 758 g/mol. The second kappa shape index (κ2) is 39.3. The number of hydrogen-bond donors (Lipinski definition) is 1. The molecule has 1 amide bonds. The molecule has 0 radical (unpaired) electrons. The Hall–Kier alpha value is -1.91. The summed E-state index contributed by atoms with van der Waals surface area (Å²) in [6.07, 6.45) is 47.1. The van der Waals surface area contributed by atoms with Crippen LogP contribution in [0.5, 0.6) is 17.2 Å².